The van der Waals surface area contributed by atoms with Gasteiger partial charge < -0.3 is 15.8 Å². The fraction of sp³-hybridized carbons (Fsp3) is 0.533. The quantitative estimate of drug-likeness (QED) is 0.807. The summed E-state index contributed by atoms with van der Waals surface area (Å²) in [6, 6.07) is 5.64. The van der Waals surface area contributed by atoms with Gasteiger partial charge in [-0.2, -0.15) is 0 Å². The molecule has 0 spiro atoms. The Labute approximate surface area is 134 Å². The topological polar surface area (TPSA) is 67.6 Å². The molecule has 6 heteroatoms. The number of nitrogen functional groups attached to an aromatic ring is 1. The molecule has 1 aliphatic heterocycles. The van der Waals surface area contributed by atoms with E-state index in [1.54, 1.807) is 0 Å². The third-order valence-corrected chi connectivity index (χ3v) is 4.16. The number of halogens is 1. The number of nitrogens with zero attached hydrogens (tertiary/aromatic N) is 1. The van der Waals surface area contributed by atoms with Crippen LogP contribution in [0.2, 0.25) is 0 Å². The van der Waals surface area contributed by atoms with Gasteiger partial charge in [0, 0.05) is 29.3 Å². The van der Waals surface area contributed by atoms with Crippen LogP contribution >= 0.6 is 15.9 Å². The highest BCUT2D eigenvalue weighted by molar-refractivity contribution is 9.10. The Hall–Kier alpha value is -1.11. The van der Waals surface area contributed by atoms with Gasteiger partial charge in [0.1, 0.15) is 6.04 Å². The molecule has 0 saturated carbocycles. The van der Waals surface area contributed by atoms with Crippen molar-refractivity contribution in [2.75, 3.05) is 25.5 Å². The van der Waals surface area contributed by atoms with Crippen molar-refractivity contribution in [2.24, 2.45) is 0 Å². The lowest BCUT2D eigenvalue weighted by atomic mass is 10.1. The van der Waals surface area contributed by atoms with Crippen molar-refractivity contribution in [3.63, 3.8) is 0 Å². The van der Waals surface area contributed by atoms with Crippen LogP contribution in [0.3, 0.4) is 0 Å². The maximum Gasteiger partial charge on any atom is 0.239 e. The highest BCUT2D eigenvalue weighted by Gasteiger charge is 2.29. The monoisotopic (exact) mass is 355 g/mol. The zero-order chi connectivity index (χ0) is 15.4. The molecule has 21 heavy (non-hydrogen) atoms. The second kappa shape index (κ2) is 7.24. The van der Waals surface area contributed by atoms with Crippen LogP contribution in [0.5, 0.6) is 0 Å². The molecule has 3 N–H and O–H groups in total. The summed E-state index contributed by atoms with van der Waals surface area (Å²) in [4.78, 5) is 14.4. The summed E-state index contributed by atoms with van der Waals surface area (Å²) in [5.41, 5.74) is 7.61. The fourth-order valence-electron chi connectivity index (χ4n) is 2.36. The zero-order valence-electron chi connectivity index (χ0n) is 12.4. The summed E-state index contributed by atoms with van der Waals surface area (Å²) in [5, 5.41) is 2.96. The number of amides is 1. The van der Waals surface area contributed by atoms with E-state index in [4.69, 9.17) is 10.5 Å². The Morgan fingerprint density at radius 2 is 2.33 bits per heavy atom. The van der Waals surface area contributed by atoms with Crippen molar-refractivity contribution < 1.29 is 9.53 Å². The number of hydrogen-bond acceptors (Lipinski definition) is 4. The summed E-state index contributed by atoms with van der Waals surface area (Å²) in [7, 11) is 0. The molecule has 0 bridgehead atoms. The van der Waals surface area contributed by atoms with Crippen molar-refractivity contribution in [1.82, 2.24) is 10.2 Å². The molecule has 1 heterocycles. The van der Waals surface area contributed by atoms with Gasteiger partial charge in [-0.25, -0.2) is 0 Å². The number of nitrogens with two attached hydrogens (primary N) is 1. The van der Waals surface area contributed by atoms with E-state index < -0.39 is 0 Å². The van der Waals surface area contributed by atoms with E-state index in [0.717, 1.165) is 22.3 Å². The van der Waals surface area contributed by atoms with E-state index in [2.05, 4.69) is 26.1 Å². The van der Waals surface area contributed by atoms with Crippen LogP contribution in [-0.2, 0) is 16.1 Å². The molecule has 2 rings (SSSR count). The number of hydrogen-bond donors (Lipinski definition) is 2. The number of rotatable bonds is 4. The average Bonchev–Trinajstić information content (AvgIpc) is 2.41. The van der Waals surface area contributed by atoms with Crippen LogP contribution in [0.15, 0.2) is 22.7 Å². The van der Waals surface area contributed by atoms with E-state index in [-0.39, 0.29) is 18.0 Å². The van der Waals surface area contributed by atoms with Crippen molar-refractivity contribution >= 4 is 27.5 Å². The van der Waals surface area contributed by atoms with Gasteiger partial charge in [0.05, 0.1) is 13.2 Å². The maximum atomic E-state index is 12.3. The maximum absolute atomic E-state index is 12.3. The summed E-state index contributed by atoms with van der Waals surface area (Å²) >= 11 is 3.53. The molecule has 1 amide bonds. The number of carbonyl (C=O) groups is 1. The van der Waals surface area contributed by atoms with Gasteiger partial charge in [0.15, 0.2) is 0 Å². The minimum atomic E-state index is -0.245. The van der Waals surface area contributed by atoms with Crippen LogP contribution in [0.1, 0.15) is 19.4 Å². The average molecular weight is 356 g/mol. The molecule has 1 saturated heterocycles. The van der Waals surface area contributed by atoms with Gasteiger partial charge in [0.2, 0.25) is 5.91 Å². The highest BCUT2D eigenvalue weighted by atomic mass is 79.9. The number of nitrogens with one attached hydrogen (secondary N) is 1. The Balaban J connectivity index is 2.09. The van der Waals surface area contributed by atoms with Gasteiger partial charge in [-0.3, -0.25) is 9.69 Å². The number of ether oxygens (including phenoxy) is 1. The van der Waals surface area contributed by atoms with E-state index >= 15 is 0 Å². The first-order chi connectivity index (χ1) is 9.97. The van der Waals surface area contributed by atoms with E-state index in [0.29, 0.717) is 19.8 Å². The van der Waals surface area contributed by atoms with Crippen molar-refractivity contribution in [3.05, 3.63) is 28.2 Å². The summed E-state index contributed by atoms with van der Waals surface area (Å²) < 4.78 is 6.44. The summed E-state index contributed by atoms with van der Waals surface area (Å²) in [6.45, 7) is 6.45. The normalized spacial score (nSPS) is 19.7. The number of carbonyl (C=O) groups excluding carboxylic acids is 1. The van der Waals surface area contributed by atoms with E-state index in [1.165, 1.54) is 0 Å². The first-order valence-electron chi connectivity index (χ1n) is 7.13. The molecule has 0 aromatic heterocycles. The molecule has 5 nitrogen and oxygen atoms in total. The number of anilines is 1. The molecule has 116 valence electrons. The Kier molecular flexibility index (Phi) is 5.61. The minimum Gasteiger partial charge on any atom is -0.399 e. The van der Waals surface area contributed by atoms with Crippen LogP contribution in [0, 0.1) is 0 Å². The van der Waals surface area contributed by atoms with Crippen LogP contribution < -0.4 is 11.1 Å². The molecule has 1 aliphatic rings. The molecule has 1 aromatic rings. The van der Waals surface area contributed by atoms with Crippen LogP contribution in [0.25, 0.3) is 0 Å². The number of benzene rings is 1. The zero-order valence-corrected chi connectivity index (χ0v) is 14.0. The number of morpholine rings is 1. The molecular weight excluding hydrogens is 334 g/mol. The van der Waals surface area contributed by atoms with Crippen molar-refractivity contribution in [3.8, 4) is 0 Å². The predicted octanol–water partition coefficient (Wildman–Crippen LogP) is 1.76. The third-order valence-electron chi connectivity index (χ3n) is 3.42. The summed E-state index contributed by atoms with van der Waals surface area (Å²) in [6.07, 6.45) is 0. The molecule has 1 atom stereocenters. The smallest absolute Gasteiger partial charge is 0.239 e. The fourth-order valence-corrected chi connectivity index (χ4v) is 2.88. The Morgan fingerprint density at radius 1 is 1.57 bits per heavy atom. The standard InChI is InChI=1S/C15H22BrN3O2/c1-10(2)18-15(20)14-9-21-6-5-19(14)8-11-3-4-12(17)7-13(11)16/h3-4,7,10,14H,5-6,8-9,17H2,1-2H3,(H,18,20). The molecule has 1 fully saturated rings. The lowest BCUT2D eigenvalue weighted by Crippen LogP contribution is -2.54. The molecule has 0 aliphatic carbocycles. The third kappa shape index (κ3) is 4.43. The lowest BCUT2D eigenvalue weighted by Gasteiger charge is -2.35. The van der Waals surface area contributed by atoms with Gasteiger partial charge >= 0.3 is 0 Å². The van der Waals surface area contributed by atoms with Crippen molar-refractivity contribution in [2.45, 2.75) is 32.5 Å². The molecule has 0 radical (unpaired) electrons. The summed E-state index contributed by atoms with van der Waals surface area (Å²) in [5.74, 6) is 0.0243. The Bertz CT molecular complexity index is 508. The van der Waals surface area contributed by atoms with Gasteiger partial charge in [-0.1, -0.05) is 22.0 Å². The van der Waals surface area contributed by atoms with Gasteiger partial charge in [0.25, 0.3) is 0 Å². The molecular formula is C15H22BrN3O2. The lowest BCUT2D eigenvalue weighted by molar-refractivity contribution is -0.133. The second-order valence-corrected chi connectivity index (χ2v) is 6.43. The first-order valence-corrected chi connectivity index (χ1v) is 7.92. The SMILES string of the molecule is CC(C)NC(=O)C1COCCN1Cc1ccc(N)cc1Br. The van der Waals surface area contributed by atoms with E-state index in [9.17, 15) is 4.79 Å². The van der Waals surface area contributed by atoms with Gasteiger partial charge in [-0.05, 0) is 31.5 Å². The Morgan fingerprint density at radius 3 is 3.00 bits per heavy atom. The largest absolute Gasteiger partial charge is 0.399 e. The highest BCUT2D eigenvalue weighted by Crippen LogP contribution is 2.23. The van der Waals surface area contributed by atoms with Crippen molar-refractivity contribution in [1.29, 1.82) is 0 Å². The predicted molar refractivity (Wildman–Crippen MR) is 86.9 cm³/mol. The minimum absolute atomic E-state index is 0.0243. The second-order valence-electron chi connectivity index (χ2n) is 5.58. The molecule has 1 aromatic carbocycles. The first kappa shape index (κ1) is 16.3. The van der Waals surface area contributed by atoms with Crippen LogP contribution in [0.4, 0.5) is 5.69 Å². The van der Waals surface area contributed by atoms with E-state index in [1.807, 2.05) is 32.0 Å². The van der Waals surface area contributed by atoms with Gasteiger partial charge in [-0.15, -0.1) is 0 Å². The molecule has 1 unspecified atom stereocenters. The van der Waals surface area contributed by atoms with Crippen LogP contribution in [-0.4, -0.2) is 42.6 Å².